The average Bonchev–Trinajstić information content (AvgIpc) is 3.51. The molecule has 9 rings (SSSR count). The second-order valence-corrected chi connectivity index (χ2v) is 13.2. The van der Waals surface area contributed by atoms with Crippen LogP contribution in [0.5, 0.6) is 0 Å². The summed E-state index contributed by atoms with van der Waals surface area (Å²) in [7, 11) is 0. The lowest BCUT2D eigenvalue weighted by Gasteiger charge is -2.28. The Bertz CT molecular complexity index is 2560. The summed E-state index contributed by atoms with van der Waals surface area (Å²) in [6.45, 7) is 0. The van der Waals surface area contributed by atoms with E-state index in [1.54, 1.807) is 0 Å². The predicted octanol–water partition coefficient (Wildman–Crippen LogP) is 12.9. The number of anilines is 3. The zero-order valence-electron chi connectivity index (χ0n) is 28.7. The van der Waals surface area contributed by atoms with Gasteiger partial charge in [0.15, 0.2) is 0 Å². The van der Waals surface area contributed by atoms with Crippen LogP contribution in [-0.4, -0.2) is 0 Å². The van der Waals surface area contributed by atoms with Crippen molar-refractivity contribution in [3.63, 3.8) is 0 Å². The van der Waals surface area contributed by atoms with Gasteiger partial charge in [-0.25, -0.2) is 0 Å². The van der Waals surface area contributed by atoms with Crippen LogP contribution in [0.2, 0.25) is 0 Å². The topological polar surface area (TPSA) is 3.24 Å². The van der Waals surface area contributed by atoms with Crippen molar-refractivity contribution >= 4 is 17.1 Å². The molecule has 0 saturated heterocycles. The second kappa shape index (κ2) is 13.4. The summed E-state index contributed by atoms with van der Waals surface area (Å²) in [5, 5.41) is 0. The van der Waals surface area contributed by atoms with Crippen LogP contribution in [0.3, 0.4) is 0 Å². The van der Waals surface area contributed by atoms with Crippen LogP contribution in [0.4, 0.5) is 17.1 Å². The van der Waals surface area contributed by atoms with E-state index >= 15 is 0 Å². The highest BCUT2D eigenvalue weighted by Gasteiger charge is 2.43. The van der Waals surface area contributed by atoms with Gasteiger partial charge in [-0.1, -0.05) is 170 Å². The quantitative estimate of drug-likeness (QED) is 0.160. The lowest BCUT2D eigenvalue weighted by atomic mass is 9.72. The summed E-state index contributed by atoms with van der Waals surface area (Å²) < 4.78 is 0. The number of hydrogen-bond acceptors (Lipinski definition) is 1. The van der Waals surface area contributed by atoms with Gasteiger partial charge >= 0.3 is 0 Å². The first-order valence-corrected chi connectivity index (χ1v) is 17.8. The number of hydrogen-bond donors (Lipinski definition) is 0. The molecule has 0 N–H and O–H groups in total. The molecule has 1 nitrogen and oxygen atoms in total. The fourth-order valence-corrected chi connectivity index (χ4v) is 7.66. The highest BCUT2D eigenvalue weighted by Crippen LogP contribution is 2.53. The van der Waals surface area contributed by atoms with Gasteiger partial charge in [0.25, 0.3) is 0 Å². The minimum absolute atomic E-state index is 0.634. The van der Waals surface area contributed by atoms with Gasteiger partial charge in [-0.05, 0) is 105 Å². The summed E-state index contributed by atoms with van der Waals surface area (Å²) in [4.78, 5) is 2.35. The van der Waals surface area contributed by atoms with Gasteiger partial charge in [-0.3, -0.25) is 0 Å². The van der Waals surface area contributed by atoms with Crippen LogP contribution in [0.1, 0.15) is 22.3 Å². The van der Waals surface area contributed by atoms with Crippen molar-refractivity contribution in [2.24, 2.45) is 0 Å². The summed E-state index contributed by atoms with van der Waals surface area (Å²) >= 11 is 0. The van der Waals surface area contributed by atoms with E-state index < -0.39 is 5.41 Å². The Labute approximate surface area is 306 Å². The molecule has 0 aromatic heterocycles. The Hall–Kier alpha value is -6.88. The predicted molar refractivity (Wildman–Crippen MR) is 217 cm³/mol. The third-order valence-electron chi connectivity index (χ3n) is 10.1. The summed E-state index contributed by atoms with van der Waals surface area (Å²) in [6.07, 6.45) is 0. The van der Waals surface area contributed by atoms with Crippen molar-refractivity contribution in [2.45, 2.75) is 5.41 Å². The van der Waals surface area contributed by atoms with E-state index in [-0.39, 0.29) is 0 Å². The molecule has 0 heterocycles. The maximum absolute atomic E-state index is 3.85. The molecule has 1 aliphatic carbocycles. The Morgan fingerprint density at radius 3 is 1.54 bits per heavy atom. The van der Waals surface area contributed by atoms with E-state index in [1.807, 2.05) is 6.07 Å². The van der Waals surface area contributed by atoms with Gasteiger partial charge in [0.2, 0.25) is 0 Å². The molecule has 0 fully saturated rings. The van der Waals surface area contributed by atoms with Crippen LogP contribution >= 0.6 is 0 Å². The Balaban J connectivity index is 1.20. The van der Waals surface area contributed by atoms with Gasteiger partial charge in [0.1, 0.15) is 5.41 Å². The molecule has 0 radical (unpaired) electrons. The van der Waals surface area contributed by atoms with Crippen LogP contribution in [0.15, 0.2) is 212 Å². The molecular weight excluding hydrogens is 627 g/mol. The molecule has 1 aliphatic rings. The van der Waals surface area contributed by atoms with E-state index in [2.05, 4.69) is 223 Å². The molecule has 0 spiro atoms. The first-order chi connectivity index (χ1) is 25.8. The fraction of sp³-hybridized carbons (Fsp3) is 0.0196. The van der Waals surface area contributed by atoms with Crippen molar-refractivity contribution in [3.8, 4) is 45.2 Å². The Kier molecular flexibility index (Phi) is 8.05. The molecule has 52 heavy (non-hydrogen) atoms. The van der Waals surface area contributed by atoms with Crippen molar-refractivity contribution in [1.82, 2.24) is 0 Å². The van der Waals surface area contributed by atoms with Crippen LogP contribution in [0, 0.1) is 11.8 Å². The van der Waals surface area contributed by atoms with E-state index in [4.69, 9.17) is 0 Å². The number of nitrogens with zero attached hydrogens (tertiary/aromatic N) is 1. The zero-order valence-corrected chi connectivity index (χ0v) is 28.7. The molecule has 8 aromatic rings. The first-order valence-electron chi connectivity index (χ1n) is 17.8. The normalized spacial score (nSPS) is 14.1. The number of fused-ring (bicyclic) bond motifs is 3. The van der Waals surface area contributed by atoms with Crippen molar-refractivity contribution in [1.29, 1.82) is 0 Å². The molecule has 0 saturated carbocycles. The van der Waals surface area contributed by atoms with Gasteiger partial charge < -0.3 is 4.90 Å². The van der Waals surface area contributed by atoms with E-state index in [0.717, 1.165) is 33.8 Å². The SMILES string of the molecule is C(#CC1(c2ccccc2)c2ccccc2-c2ccc(-c3cccc(N(c4ccccc4)c4cccc(-c5ccccc5)c4)c3)cc21)c1ccccc1. The average molecular weight is 662 g/mol. The molecular formula is C51H35N. The van der Waals surface area contributed by atoms with Gasteiger partial charge in [-0.2, -0.15) is 0 Å². The molecule has 1 atom stereocenters. The standard InChI is InChI=1S/C51H35N/c1-5-17-38(18-6-1)33-34-51(43-23-9-3-10-24-43)49-30-14-13-29-47(49)48-32-31-42(37-50(48)51)41-22-16-28-46(36-41)52(44-25-11-4-12-26-44)45-27-15-21-40(35-45)39-19-7-2-8-20-39/h1-32,35-37H. The summed E-state index contributed by atoms with van der Waals surface area (Å²) in [5.41, 5.74) is 14.4. The van der Waals surface area contributed by atoms with Crippen molar-refractivity contribution in [3.05, 3.63) is 235 Å². The van der Waals surface area contributed by atoms with Crippen molar-refractivity contribution < 1.29 is 0 Å². The first kappa shape index (κ1) is 31.1. The highest BCUT2D eigenvalue weighted by molar-refractivity contribution is 5.89. The maximum atomic E-state index is 3.85. The third-order valence-corrected chi connectivity index (χ3v) is 10.1. The molecule has 0 amide bonds. The summed E-state index contributed by atoms with van der Waals surface area (Å²) in [5.74, 6) is 7.44. The van der Waals surface area contributed by atoms with Crippen molar-refractivity contribution in [2.75, 3.05) is 4.90 Å². The van der Waals surface area contributed by atoms with Gasteiger partial charge in [0.05, 0.1) is 0 Å². The lowest BCUT2D eigenvalue weighted by molar-refractivity contribution is 0.837. The summed E-state index contributed by atoms with van der Waals surface area (Å²) in [6, 6.07) is 75.7. The molecule has 0 bridgehead atoms. The molecule has 8 aromatic carbocycles. The minimum atomic E-state index is -0.634. The lowest BCUT2D eigenvalue weighted by Crippen LogP contribution is -2.25. The number of rotatable bonds is 6. The third kappa shape index (κ3) is 5.58. The smallest absolute Gasteiger partial charge is 0.108 e. The second-order valence-electron chi connectivity index (χ2n) is 13.2. The zero-order chi connectivity index (χ0) is 34.7. The van der Waals surface area contributed by atoms with E-state index in [0.29, 0.717) is 0 Å². The molecule has 244 valence electrons. The monoisotopic (exact) mass is 661 g/mol. The fourth-order valence-electron chi connectivity index (χ4n) is 7.66. The Morgan fingerprint density at radius 2 is 0.846 bits per heavy atom. The van der Waals surface area contributed by atoms with Gasteiger partial charge in [0, 0.05) is 22.6 Å². The Morgan fingerprint density at radius 1 is 0.346 bits per heavy atom. The van der Waals surface area contributed by atoms with Gasteiger partial charge in [-0.15, -0.1) is 0 Å². The van der Waals surface area contributed by atoms with Crippen LogP contribution in [0.25, 0.3) is 33.4 Å². The number of benzene rings is 8. The molecule has 1 heteroatoms. The van der Waals surface area contributed by atoms with E-state index in [9.17, 15) is 0 Å². The molecule has 1 unspecified atom stereocenters. The maximum Gasteiger partial charge on any atom is 0.108 e. The largest absolute Gasteiger partial charge is 0.310 e. The van der Waals surface area contributed by atoms with E-state index in [1.165, 1.54) is 38.9 Å². The highest BCUT2D eigenvalue weighted by atomic mass is 15.1. The van der Waals surface area contributed by atoms with Crippen LogP contribution in [-0.2, 0) is 5.41 Å². The molecule has 0 aliphatic heterocycles. The minimum Gasteiger partial charge on any atom is -0.310 e. The van der Waals surface area contributed by atoms with Crippen LogP contribution < -0.4 is 4.90 Å². The number of para-hydroxylation sites is 1.